The van der Waals surface area contributed by atoms with Gasteiger partial charge in [-0.05, 0) is 32.0 Å². The molecule has 0 radical (unpaired) electrons. The number of hydrogen-bond donors (Lipinski definition) is 1. The van der Waals surface area contributed by atoms with E-state index in [0.29, 0.717) is 0 Å². The van der Waals surface area contributed by atoms with Crippen molar-refractivity contribution in [3.05, 3.63) is 53.5 Å². The zero-order chi connectivity index (χ0) is 14.3. The van der Waals surface area contributed by atoms with Crippen molar-refractivity contribution in [2.75, 3.05) is 0 Å². The second kappa shape index (κ2) is 4.45. The number of pyridine rings is 1. The fourth-order valence-corrected chi connectivity index (χ4v) is 2.22. The van der Waals surface area contributed by atoms with E-state index < -0.39 is 5.97 Å². The largest absolute Gasteiger partial charge is 0.476 e. The summed E-state index contributed by atoms with van der Waals surface area (Å²) in [6, 6.07) is 11.3. The molecular weight excluding hydrogens is 254 g/mol. The first-order chi connectivity index (χ1) is 9.56. The second-order valence-electron chi connectivity index (χ2n) is 4.69. The molecule has 0 aliphatic carbocycles. The standard InChI is InChI=1S/C15H13N3O2/c1-9-6-7-11-4-3-5-13(14(11)16-9)18-10(2)8-12(17-18)15(19)20/h3-8H,1-2H3,(H,19,20). The van der Waals surface area contributed by atoms with Crippen LogP contribution in [0, 0.1) is 13.8 Å². The van der Waals surface area contributed by atoms with Gasteiger partial charge in [0, 0.05) is 16.8 Å². The number of aromatic nitrogens is 3. The number of fused-ring (bicyclic) bond motifs is 1. The molecule has 0 saturated carbocycles. The normalized spacial score (nSPS) is 10.9. The molecule has 2 aromatic heterocycles. The number of aryl methyl sites for hydroxylation is 2. The van der Waals surface area contributed by atoms with E-state index in [0.717, 1.165) is 28.0 Å². The van der Waals surface area contributed by atoms with Gasteiger partial charge in [-0.1, -0.05) is 18.2 Å². The molecule has 0 fully saturated rings. The number of carboxylic acid groups (broad SMARTS) is 1. The summed E-state index contributed by atoms with van der Waals surface area (Å²) in [6.07, 6.45) is 0. The second-order valence-corrected chi connectivity index (χ2v) is 4.69. The summed E-state index contributed by atoms with van der Waals surface area (Å²) >= 11 is 0. The van der Waals surface area contributed by atoms with Gasteiger partial charge in [-0.25, -0.2) is 9.48 Å². The van der Waals surface area contributed by atoms with Crippen LogP contribution in [0.15, 0.2) is 36.4 Å². The highest BCUT2D eigenvalue weighted by Crippen LogP contribution is 2.22. The lowest BCUT2D eigenvalue weighted by Crippen LogP contribution is -2.03. The van der Waals surface area contributed by atoms with Crippen LogP contribution in [0.2, 0.25) is 0 Å². The summed E-state index contributed by atoms with van der Waals surface area (Å²) in [4.78, 5) is 15.6. The molecule has 100 valence electrons. The highest BCUT2D eigenvalue weighted by molar-refractivity contribution is 5.88. The fourth-order valence-electron chi connectivity index (χ4n) is 2.22. The molecular formula is C15H13N3O2. The Kier molecular flexibility index (Phi) is 2.75. The summed E-state index contributed by atoms with van der Waals surface area (Å²) in [6.45, 7) is 3.75. The Balaban J connectivity index is 2.29. The van der Waals surface area contributed by atoms with Crippen LogP contribution in [0.4, 0.5) is 0 Å². The monoisotopic (exact) mass is 267 g/mol. The Bertz CT molecular complexity index is 821. The van der Waals surface area contributed by atoms with Gasteiger partial charge in [0.15, 0.2) is 5.69 Å². The number of rotatable bonds is 2. The molecule has 0 bridgehead atoms. The van der Waals surface area contributed by atoms with E-state index in [-0.39, 0.29) is 5.69 Å². The van der Waals surface area contributed by atoms with Crippen molar-refractivity contribution >= 4 is 16.9 Å². The van der Waals surface area contributed by atoms with Crippen LogP contribution in [0.25, 0.3) is 16.6 Å². The van der Waals surface area contributed by atoms with Gasteiger partial charge in [0.1, 0.15) is 0 Å². The maximum atomic E-state index is 11.0. The van der Waals surface area contributed by atoms with Crippen molar-refractivity contribution in [2.24, 2.45) is 0 Å². The van der Waals surface area contributed by atoms with Gasteiger partial charge in [-0.15, -0.1) is 0 Å². The van der Waals surface area contributed by atoms with Crippen LogP contribution in [-0.4, -0.2) is 25.8 Å². The van der Waals surface area contributed by atoms with Crippen molar-refractivity contribution < 1.29 is 9.90 Å². The molecule has 2 heterocycles. The maximum Gasteiger partial charge on any atom is 0.356 e. The molecule has 0 aliphatic heterocycles. The lowest BCUT2D eigenvalue weighted by Gasteiger charge is -2.08. The third-order valence-corrected chi connectivity index (χ3v) is 3.17. The lowest BCUT2D eigenvalue weighted by molar-refractivity contribution is 0.0690. The summed E-state index contributed by atoms with van der Waals surface area (Å²) in [5, 5.41) is 14.2. The maximum absolute atomic E-state index is 11.0. The zero-order valence-electron chi connectivity index (χ0n) is 11.2. The first kappa shape index (κ1) is 12.3. The molecule has 0 aliphatic rings. The molecule has 20 heavy (non-hydrogen) atoms. The van der Waals surface area contributed by atoms with Crippen molar-refractivity contribution in [1.82, 2.24) is 14.8 Å². The van der Waals surface area contributed by atoms with Gasteiger partial charge in [-0.2, -0.15) is 5.10 Å². The molecule has 1 N–H and O–H groups in total. The van der Waals surface area contributed by atoms with Crippen LogP contribution in [0.1, 0.15) is 21.9 Å². The minimum absolute atomic E-state index is 0.0344. The first-order valence-electron chi connectivity index (χ1n) is 6.23. The van der Waals surface area contributed by atoms with Crippen molar-refractivity contribution in [2.45, 2.75) is 13.8 Å². The quantitative estimate of drug-likeness (QED) is 0.775. The van der Waals surface area contributed by atoms with Crippen LogP contribution >= 0.6 is 0 Å². The molecule has 3 aromatic rings. The molecule has 0 amide bonds. The fraction of sp³-hybridized carbons (Fsp3) is 0.133. The Morgan fingerprint density at radius 1 is 1.20 bits per heavy atom. The Morgan fingerprint density at radius 3 is 2.70 bits per heavy atom. The number of nitrogens with zero attached hydrogens (tertiary/aromatic N) is 3. The third-order valence-electron chi connectivity index (χ3n) is 3.17. The minimum atomic E-state index is -1.03. The number of hydrogen-bond acceptors (Lipinski definition) is 3. The van der Waals surface area contributed by atoms with Gasteiger partial charge in [0.2, 0.25) is 0 Å². The smallest absolute Gasteiger partial charge is 0.356 e. The molecule has 3 rings (SSSR count). The highest BCUT2D eigenvalue weighted by atomic mass is 16.4. The molecule has 5 nitrogen and oxygen atoms in total. The number of carboxylic acids is 1. The van der Waals surface area contributed by atoms with Gasteiger partial charge in [0.25, 0.3) is 0 Å². The summed E-state index contributed by atoms with van der Waals surface area (Å²) in [5.41, 5.74) is 3.31. The third kappa shape index (κ3) is 1.93. The van der Waals surface area contributed by atoms with E-state index in [1.807, 2.05) is 44.2 Å². The van der Waals surface area contributed by atoms with Gasteiger partial charge in [-0.3, -0.25) is 4.98 Å². The Labute approximate surface area is 115 Å². The van der Waals surface area contributed by atoms with Crippen LogP contribution in [0.5, 0.6) is 0 Å². The predicted octanol–water partition coefficient (Wildman–Crippen LogP) is 2.74. The van der Waals surface area contributed by atoms with Crippen molar-refractivity contribution in [3.63, 3.8) is 0 Å². The van der Waals surface area contributed by atoms with E-state index in [4.69, 9.17) is 5.11 Å². The Hall–Kier alpha value is -2.69. The number of aromatic carboxylic acids is 1. The lowest BCUT2D eigenvalue weighted by atomic mass is 10.1. The summed E-state index contributed by atoms with van der Waals surface area (Å²) in [7, 11) is 0. The summed E-state index contributed by atoms with van der Waals surface area (Å²) < 4.78 is 1.62. The Morgan fingerprint density at radius 2 is 2.00 bits per heavy atom. The van der Waals surface area contributed by atoms with E-state index >= 15 is 0 Å². The molecule has 5 heteroatoms. The van der Waals surface area contributed by atoms with Gasteiger partial charge in [0.05, 0.1) is 11.2 Å². The zero-order valence-corrected chi connectivity index (χ0v) is 11.2. The van der Waals surface area contributed by atoms with Crippen LogP contribution < -0.4 is 0 Å². The van der Waals surface area contributed by atoms with E-state index in [9.17, 15) is 4.79 Å². The molecule has 0 unspecified atom stereocenters. The van der Waals surface area contributed by atoms with E-state index in [2.05, 4.69) is 10.1 Å². The van der Waals surface area contributed by atoms with Crippen LogP contribution in [0.3, 0.4) is 0 Å². The van der Waals surface area contributed by atoms with E-state index in [1.54, 1.807) is 10.7 Å². The number of benzene rings is 1. The van der Waals surface area contributed by atoms with Crippen LogP contribution in [-0.2, 0) is 0 Å². The first-order valence-corrected chi connectivity index (χ1v) is 6.23. The van der Waals surface area contributed by atoms with E-state index in [1.165, 1.54) is 0 Å². The molecule has 0 atom stereocenters. The number of carbonyl (C=O) groups is 1. The number of para-hydroxylation sites is 1. The van der Waals surface area contributed by atoms with Crippen molar-refractivity contribution in [1.29, 1.82) is 0 Å². The topological polar surface area (TPSA) is 68.0 Å². The molecule has 0 saturated heterocycles. The van der Waals surface area contributed by atoms with Gasteiger partial charge >= 0.3 is 5.97 Å². The summed E-state index contributed by atoms with van der Waals surface area (Å²) in [5.74, 6) is -1.03. The molecule has 1 aromatic carbocycles. The van der Waals surface area contributed by atoms with Crippen molar-refractivity contribution in [3.8, 4) is 5.69 Å². The minimum Gasteiger partial charge on any atom is -0.476 e. The van der Waals surface area contributed by atoms with Gasteiger partial charge < -0.3 is 5.11 Å². The highest BCUT2D eigenvalue weighted by Gasteiger charge is 2.14. The average Bonchev–Trinajstić information content (AvgIpc) is 2.80. The predicted molar refractivity (Wildman–Crippen MR) is 75.3 cm³/mol. The molecule has 0 spiro atoms. The average molecular weight is 267 g/mol. The SMILES string of the molecule is Cc1ccc2cccc(-n3nc(C(=O)O)cc3C)c2n1.